The molecule has 0 saturated heterocycles. The third-order valence-corrected chi connectivity index (χ3v) is 6.65. The Hall–Kier alpha value is -0.100. The Morgan fingerprint density at radius 3 is 1.29 bits per heavy atom. The van der Waals surface area contributed by atoms with E-state index >= 15 is 0 Å². The van der Waals surface area contributed by atoms with Gasteiger partial charge in [0.1, 0.15) is 0 Å². The van der Waals surface area contributed by atoms with E-state index in [0.717, 1.165) is 0 Å². The zero-order valence-electron chi connectivity index (χ0n) is 12.9. The van der Waals surface area contributed by atoms with Crippen molar-refractivity contribution in [1.29, 1.82) is 0 Å². The number of hydrogen-bond donors (Lipinski definition) is 3. The number of nitrogens with one attached hydrogen (secondary N) is 1. The quantitative estimate of drug-likeness (QED) is 0.563. The van der Waals surface area contributed by atoms with Gasteiger partial charge in [0.25, 0.3) is 10.9 Å². The maximum Gasteiger partial charge on any atom is 0.464 e. The van der Waals surface area contributed by atoms with E-state index in [2.05, 4.69) is 4.98 Å². The van der Waals surface area contributed by atoms with Crippen LogP contribution < -0.4 is 10.9 Å². The zero-order chi connectivity index (χ0) is 15.9. The average Bonchev–Trinajstić information content (AvgIpc) is 2.90. The maximum atomic E-state index is 10.5. The zero-order valence-corrected chi connectivity index (χ0v) is 14.7. The second kappa shape index (κ2) is 8.51. The van der Waals surface area contributed by atoms with Crippen LogP contribution in [0.1, 0.15) is 27.7 Å². The predicted octanol–water partition coefficient (Wildman–Crippen LogP) is 1.92. The molecule has 0 fully saturated rings. The molecule has 0 aliphatic heterocycles. The topological polar surface area (TPSA) is 93.2 Å². The lowest BCUT2D eigenvalue weighted by atomic mass is 10.7. The van der Waals surface area contributed by atoms with E-state index in [1.165, 1.54) is 0 Å². The number of hydrogen-bond acceptors (Lipinski definition) is 6. The fourth-order valence-electron chi connectivity index (χ4n) is 1.75. The fourth-order valence-corrected chi connectivity index (χ4v) is 5.00. The number of rotatable bonds is 10. The Labute approximate surface area is 126 Å². The van der Waals surface area contributed by atoms with Crippen LogP contribution in [0.25, 0.3) is 0 Å². The van der Waals surface area contributed by atoms with Gasteiger partial charge in [-0.1, -0.05) is 0 Å². The lowest BCUT2D eigenvalue weighted by molar-refractivity contribution is 0.199. The molecule has 122 valence electrons. The van der Waals surface area contributed by atoms with Crippen molar-refractivity contribution < 1.29 is 27.9 Å². The maximum absolute atomic E-state index is 10.5. The van der Waals surface area contributed by atoms with Crippen LogP contribution in [-0.2, 0) is 18.1 Å². The summed E-state index contributed by atoms with van der Waals surface area (Å²) < 4.78 is 21.5. The van der Waals surface area contributed by atoms with Crippen molar-refractivity contribution in [3.8, 4) is 0 Å². The van der Waals surface area contributed by atoms with Crippen molar-refractivity contribution in [2.75, 3.05) is 26.4 Å². The van der Waals surface area contributed by atoms with E-state index in [9.17, 15) is 9.79 Å². The molecule has 0 atom stereocenters. The lowest BCUT2D eigenvalue weighted by Gasteiger charge is -2.15. The van der Waals surface area contributed by atoms with Gasteiger partial charge >= 0.3 is 15.9 Å². The SMILES string of the molecule is CCO[P+](O)(OCC)c1ccc([P+](O)(OCC)OCC)[nH]1. The molecular formula is C12H25NO6P2+2. The van der Waals surface area contributed by atoms with Crippen LogP contribution in [0.15, 0.2) is 12.1 Å². The number of aromatic amines is 1. The first-order valence-corrected chi connectivity index (χ1v) is 10.1. The smallest absolute Gasteiger partial charge is 0.284 e. The van der Waals surface area contributed by atoms with Crippen LogP contribution in [0.3, 0.4) is 0 Å². The summed E-state index contributed by atoms with van der Waals surface area (Å²) in [6.07, 6.45) is 0. The standard InChI is InChI=1S/C12H25NO6P2/c1-5-16-20(14,17-6-2)11-9-10-12(13-11)21(15,18-7-3)19-8-4/h9-10,13-15H,5-8H2,1-4H3/q+2. The average molecular weight is 341 g/mol. The molecule has 21 heavy (non-hydrogen) atoms. The minimum Gasteiger partial charge on any atom is -0.284 e. The summed E-state index contributed by atoms with van der Waals surface area (Å²) in [4.78, 5) is 23.9. The second-order valence-electron chi connectivity index (χ2n) is 3.94. The van der Waals surface area contributed by atoms with E-state index in [4.69, 9.17) is 18.1 Å². The molecule has 0 saturated carbocycles. The first-order chi connectivity index (χ1) is 9.95. The summed E-state index contributed by atoms with van der Waals surface area (Å²) in [5, 5.41) is 0. The Balaban J connectivity index is 3.06. The molecule has 0 aromatic carbocycles. The molecule has 3 N–H and O–H groups in total. The highest BCUT2D eigenvalue weighted by Crippen LogP contribution is 2.58. The van der Waals surface area contributed by atoms with Gasteiger partial charge in [0.2, 0.25) is 0 Å². The van der Waals surface area contributed by atoms with Gasteiger partial charge in [-0.15, -0.1) is 0 Å². The van der Waals surface area contributed by atoms with Gasteiger partial charge < -0.3 is 0 Å². The molecule has 9 heteroatoms. The Kier molecular flexibility index (Phi) is 7.68. The Morgan fingerprint density at radius 2 is 1.05 bits per heavy atom. The van der Waals surface area contributed by atoms with E-state index in [-0.39, 0.29) is 0 Å². The Bertz CT molecular complexity index is 379. The highest BCUT2D eigenvalue weighted by Gasteiger charge is 2.51. The third kappa shape index (κ3) is 4.68. The normalized spacial score (nSPS) is 12.9. The summed E-state index contributed by atoms with van der Waals surface area (Å²) in [7, 11) is -6.34. The number of aromatic nitrogens is 1. The molecule has 0 aliphatic rings. The minimum absolute atomic E-state index is 0.314. The highest BCUT2D eigenvalue weighted by atomic mass is 31.2. The molecular weight excluding hydrogens is 316 g/mol. The largest absolute Gasteiger partial charge is 0.464 e. The molecule has 1 aromatic rings. The van der Waals surface area contributed by atoms with E-state index in [0.29, 0.717) is 37.3 Å². The van der Waals surface area contributed by atoms with Crippen molar-refractivity contribution >= 4 is 26.8 Å². The molecule has 0 amide bonds. The van der Waals surface area contributed by atoms with Crippen LogP contribution in [0.2, 0.25) is 0 Å². The van der Waals surface area contributed by atoms with E-state index in [1.807, 2.05) is 0 Å². The van der Waals surface area contributed by atoms with Gasteiger partial charge in [-0.05, 0) is 27.7 Å². The fraction of sp³-hybridized carbons (Fsp3) is 0.667. The number of H-pyrrole nitrogens is 1. The lowest BCUT2D eigenvalue weighted by Crippen LogP contribution is -2.23. The van der Waals surface area contributed by atoms with Gasteiger partial charge in [0.05, 0.1) is 26.4 Å². The van der Waals surface area contributed by atoms with Gasteiger partial charge in [-0.3, -0.25) is 4.98 Å². The monoisotopic (exact) mass is 341 g/mol. The van der Waals surface area contributed by atoms with Gasteiger partial charge in [-0.25, -0.2) is 0 Å². The van der Waals surface area contributed by atoms with Crippen LogP contribution in [0.5, 0.6) is 0 Å². The summed E-state index contributed by atoms with van der Waals surface area (Å²) in [6, 6.07) is 3.24. The van der Waals surface area contributed by atoms with Gasteiger partial charge in [0.15, 0.2) is 0 Å². The molecule has 1 heterocycles. The first kappa shape index (κ1) is 18.9. The van der Waals surface area contributed by atoms with Crippen molar-refractivity contribution in [3.05, 3.63) is 12.1 Å². The summed E-state index contributed by atoms with van der Waals surface area (Å²) in [5.74, 6) is 0. The van der Waals surface area contributed by atoms with Crippen LogP contribution >= 0.6 is 15.9 Å². The van der Waals surface area contributed by atoms with Crippen molar-refractivity contribution in [2.45, 2.75) is 27.7 Å². The third-order valence-electron chi connectivity index (χ3n) is 2.48. The van der Waals surface area contributed by atoms with Crippen LogP contribution in [-0.4, -0.2) is 41.2 Å². The molecule has 1 aromatic heterocycles. The first-order valence-electron chi connectivity index (χ1n) is 6.97. The van der Waals surface area contributed by atoms with Crippen LogP contribution in [0.4, 0.5) is 0 Å². The van der Waals surface area contributed by atoms with Crippen molar-refractivity contribution in [2.24, 2.45) is 0 Å². The molecule has 7 nitrogen and oxygen atoms in total. The van der Waals surface area contributed by atoms with Gasteiger partial charge in [-0.2, -0.15) is 27.9 Å². The summed E-state index contributed by atoms with van der Waals surface area (Å²) in [5.41, 5.74) is 0.776. The van der Waals surface area contributed by atoms with Crippen molar-refractivity contribution in [1.82, 2.24) is 4.98 Å². The minimum atomic E-state index is -3.17. The predicted molar refractivity (Wildman–Crippen MR) is 84.8 cm³/mol. The molecule has 0 unspecified atom stereocenters. The summed E-state index contributed by atoms with van der Waals surface area (Å²) in [6.45, 7) is 8.36. The molecule has 0 spiro atoms. The van der Waals surface area contributed by atoms with Crippen molar-refractivity contribution in [3.63, 3.8) is 0 Å². The summed E-state index contributed by atoms with van der Waals surface area (Å²) >= 11 is 0. The van der Waals surface area contributed by atoms with Gasteiger partial charge in [0, 0.05) is 12.1 Å². The molecule has 0 bridgehead atoms. The Morgan fingerprint density at radius 1 is 0.762 bits per heavy atom. The van der Waals surface area contributed by atoms with Crippen LogP contribution in [0, 0.1) is 0 Å². The van der Waals surface area contributed by atoms with E-state index in [1.54, 1.807) is 39.8 Å². The molecule has 1 rings (SSSR count). The molecule has 0 radical (unpaired) electrons. The second-order valence-corrected chi connectivity index (χ2v) is 8.02. The van der Waals surface area contributed by atoms with E-state index < -0.39 is 15.9 Å². The highest BCUT2D eigenvalue weighted by molar-refractivity contribution is 7.69. The molecule has 0 aliphatic carbocycles.